The fourth-order valence-corrected chi connectivity index (χ4v) is 2.72. The van der Waals surface area contributed by atoms with Gasteiger partial charge in [0, 0.05) is 35.1 Å². The zero-order valence-corrected chi connectivity index (χ0v) is 13.6. The molecule has 7 heteroatoms. The Kier molecular flexibility index (Phi) is 3.94. The van der Waals surface area contributed by atoms with Crippen LogP contribution in [0.3, 0.4) is 0 Å². The van der Waals surface area contributed by atoms with Crippen molar-refractivity contribution in [1.82, 2.24) is 14.9 Å². The summed E-state index contributed by atoms with van der Waals surface area (Å²) in [6.45, 7) is 0.810. The topological polar surface area (TPSA) is 118 Å². The largest absolute Gasteiger partial charge is 0.366 e. The molecule has 0 fully saturated rings. The Morgan fingerprint density at radius 1 is 1.17 bits per heavy atom. The maximum Gasteiger partial charge on any atom is 0.250 e. The molecule has 0 aliphatic rings. The Balaban J connectivity index is 2.23. The standard InChI is InChI=1S/C17H19N5O2/c1-22(2)6-5-10-8-12(17(19)24)15-14(20-10)11-4-3-9(16(18)23)7-13(11)21-15/h3-4,7-8,21H,5-6H2,1-2H3,(H2,18,23)(H2,19,24). The van der Waals surface area contributed by atoms with Gasteiger partial charge < -0.3 is 21.4 Å². The highest BCUT2D eigenvalue weighted by Gasteiger charge is 2.16. The lowest BCUT2D eigenvalue weighted by Crippen LogP contribution is -2.17. The maximum atomic E-state index is 11.8. The van der Waals surface area contributed by atoms with Gasteiger partial charge in [0.25, 0.3) is 5.91 Å². The van der Waals surface area contributed by atoms with E-state index >= 15 is 0 Å². The lowest BCUT2D eigenvalue weighted by molar-refractivity contribution is 0.0992. The molecule has 0 unspecified atom stereocenters. The molecule has 7 nitrogen and oxygen atoms in total. The second-order valence-corrected chi connectivity index (χ2v) is 6.05. The smallest absolute Gasteiger partial charge is 0.250 e. The van der Waals surface area contributed by atoms with Crippen LogP contribution in [0.25, 0.3) is 21.9 Å². The van der Waals surface area contributed by atoms with Gasteiger partial charge in [0.2, 0.25) is 5.91 Å². The quantitative estimate of drug-likeness (QED) is 0.649. The van der Waals surface area contributed by atoms with Crippen molar-refractivity contribution in [2.75, 3.05) is 20.6 Å². The molecule has 1 aromatic carbocycles. The maximum absolute atomic E-state index is 11.8. The molecule has 5 N–H and O–H groups in total. The fraction of sp³-hybridized carbons (Fsp3) is 0.235. The van der Waals surface area contributed by atoms with Crippen LogP contribution in [0.4, 0.5) is 0 Å². The first-order valence-electron chi connectivity index (χ1n) is 7.56. The summed E-state index contributed by atoms with van der Waals surface area (Å²) in [5.41, 5.74) is 14.4. The molecule has 0 bridgehead atoms. The third-order valence-electron chi connectivity index (χ3n) is 3.97. The van der Waals surface area contributed by atoms with Crippen LogP contribution < -0.4 is 11.5 Å². The number of carbonyl (C=O) groups is 2. The molecule has 0 aliphatic carbocycles. The van der Waals surface area contributed by atoms with Crippen molar-refractivity contribution in [2.24, 2.45) is 11.5 Å². The zero-order chi connectivity index (χ0) is 17.4. The van der Waals surface area contributed by atoms with E-state index in [9.17, 15) is 9.59 Å². The van der Waals surface area contributed by atoms with Crippen LogP contribution in [-0.4, -0.2) is 47.3 Å². The Labute approximate surface area is 138 Å². The van der Waals surface area contributed by atoms with Crippen LogP contribution in [-0.2, 0) is 6.42 Å². The molecule has 0 aliphatic heterocycles. The lowest BCUT2D eigenvalue weighted by Gasteiger charge is -2.09. The molecule has 2 aromatic heterocycles. The summed E-state index contributed by atoms with van der Waals surface area (Å²) in [6, 6.07) is 6.81. The second-order valence-electron chi connectivity index (χ2n) is 6.05. The Morgan fingerprint density at radius 3 is 2.54 bits per heavy atom. The Hall–Kier alpha value is -2.93. The number of primary amides is 2. The molecule has 0 spiro atoms. The minimum absolute atomic E-state index is 0.391. The van der Waals surface area contributed by atoms with Crippen LogP contribution in [0.2, 0.25) is 0 Å². The molecule has 2 amide bonds. The van der Waals surface area contributed by atoms with Gasteiger partial charge in [0.1, 0.15) is 0 Å². The number of H-pyrrole nitrogens is 1. The number of amides is 2. The van der Waals surface area contributed by atoms with Crippen LogP contribution in [0.1, 0.15) is 26.4 Å². The van der Waals surface area contributed by atoms with E-state index in [2.05, 4.69) is 9.97 Å². The molecule has 2 heterocycles. The number of likely N-dealkylation sites (N-methyl/N-ethyl adjacent to an activating group) is 1. The SMILES string of the molecule is CN(C)CCc1cc(C(N)=O)c2[nH]c3cc(C(N)=O)ccc3c2n1. The molecule has 0 saturated carbocycles. The summed E-state index contributed by atoms with van der Waals surface area (Å²) >= 11 is 0. The molecule has 24 heavy (non-hydrogen) atoms. The van der Waals surface area contributed by atoms with Crippen molar-refractivity contribution in [3.63, 3.8) is 0 Å². The van der Waals surface area contributed by atoms with Crippen LogP contribution in [0.5, 0.6) is 0 Å². The van der Waals surface area contributed by atoms with E-state index < -0.39 is 11.8 Å². The van der Waals surface area contributed by atoms with Gasteiger partial charge in [-0.25, -0.2) is 0 Å². The number of benzene rings is 1. The van der Waals surface area contributed by atoms with E-state index in [1.54, 1.807) is 24.3 Å². The van der Waals surface area contributed by atoms with Crippen molar-refractivity contribution in [3.8, 4) is 0 Å². The molecule has 3 aromatic rings. The van der Waals surface area contributed by atoms with Gasteiger partial charge in [-0.2, -0.15) is 0 Å². The van der Waals surface area contributed by atoms with Crippen LogP contribution in [0.15, 0.2) is 24.3 Å². The van der Waals surface area contributed by atoms with E-state index in [1.807, 2.05) is 19.0 Å². The van der Waals surface area contributed by atoms with Crippen molar-refractivity contribution in [2.45, 2.75) is 6.42 Å². The van der Waals surface area contributed by atoms with Crippen molar-refractivity contribution < 1.29 is 9.59 Å². The number of fused-ring (bicyclic) bond motifs is 3. The molecule has 0 atom stereocenters. The number of hydrogen-bond acceptors (Lipinski definition) is 4. The number of carbonyl (C=O) groups excluding carboxylic acids is 2. The highest BCUT2D eigenvalue weighted by atomic mass is 16.1. The summed E-state index contributed by atoms with van der Waals surface area (Å²) in [5, 5.41) is 0.823. The predicted octanol–water partition coefficient (Wildman–Crippen LogP) is 1.02. The minimum atomic E-state index is -0.518. The van der Waals surface area contributed by atoms with Crippen LogP contribution >= 0.6 is 0 Å². The molecule has 3 rings (SSSR count). The second kappa shape index (κ2) is 5.93. The lowest BCUT2D eigenvalue weighted by atomic mass is 10.1. The van der Waals surface area contributed by atoms with Gasteiger partial charge in [0.05, 0.1) is 16.6 Å². The van der Waals surface area contributed by atoms with Gasteiger partial charge >= 0.3 is 0 Å². The number of nitrogens with one attached hydrogen (secondary N) is 1. The average Bonchev–Trinajstić information content (AvgIpc) is 2.89. The van der Waals surface area contributed by atoms with Crippen molar-refractivity contribution >= 4 is 33.8 Å². The number of aromatic amines is 1. The van der Waals surface area contributed by atoms with E-state index in [4.69, 9.17) is 11.5 Å². The number of pyridine rings is 1. The van der Waals surface area contributed by atoms with Crippen molar-refractivity contribution in [1.29, 1.82) is 0 Å². The van der Waals surface area contributed by atoms with Crippen molar-refractivity contribution in [3.05, 3.63) is 41.1 Å². The molecule has 0 radical (unpaired) electrons. The number of nitrogens with zero attached hydrogens (tertiary/aromatic N) is 2. The van der Waals surface area contributed by atoms with Gasteiger partial charge in [-0.05, 0) is 38.4 Å². The summed E-state index contributed by atoms with van der Waals surface area (Å²) in [6.07, 6.45) is 0.704. The first kappa shape index (κ1) is 15.9. The van der Waals surface area contributed by atoms with E-state index in [1.165, 1.54) is 0 Å². The van der Waals surface area contributed by atoms with E-state index in [0.717, 1.165) is 17.6 Å². The number of rotatable bonds is 5. The number of aromatic nitrogens is 2. The minimum Gasteiger partial charge on any atom is -0.366 e. The van der Waals surface area contributed by atoms with Gasteiger partial charge in [-0.15, -0.1) is 0 Å². The highest BCUT2D eigenvalue weighted by Crippen LogP contribution is 2.27. The van der Waals surface area contributed by atoms with Gasteiger partial charge in [-0.3, -0.25) is 14.6 Å². The number of hydrogen-bond donors (Lipinski definition) is 3. The average molecular weight is 325 g/mol. The van der Waals surface area contributed by atoms with Gasteiger partial charge in [-0.1, -0.05) is 0 Å². The van der Waals surface area contributed by atoms with E-state index in [0.29, 0.717) is 34.1 Å². The predicted molar refractivity (Wildman–Crippen MR) is 92.9 cm³/mol. The molecular weight excluding hydrogens is 306 g/mol. The molecule has 0 saturated heterocycles. The molecular formula is C17H19N5O2. The van der Waals surface area contributed by atoms with E-state index in [-0.39, 0.29) is 0 Å². The van der Waals surface area contributed by atoms with Gasteiger partial charge in [0.15, 0.2) is 0 Å². The fourth-order valence-electron chi connectivity index (χ4n) is 2.72. The first-order valence-corrected chi connectivity index (χ1v) is 7.56. The summed E-state index contributed by atoms with van der Waals surface area (Å²) in [7, 11) is 3.95. The Morgan fingerprint density at radius 2 is 1.92 bits per heavy atom. The normalized spacial score (nSPS) is 11.5. The third-order valence-corrected chi connectivity index (χ3v) is 3.97. The molecule has 124 valence electrons. The summed E-state index contributed by atoms with van der Waals surface area (Å²) in [5.74, 6) is -1.03. The first-order chi connectivity index (χ1) is 11.4. The summed E-state index contributed by atoms with van der Waals surface area (Å²) < 4.78 is 0. The number of nitrogens with two attached hydrogens (primary N) is 2. The van der Waals surface area contributed by atoms with Crippen LogP contribution in [0, 0.1) is 0 Å². The Bertz CT molecular complexity index is 958. The summed E-state index contributed by atoms with van der Waals surface area (Å²) in [4.78, 5) is 33.0. The highest BCUT2D eigenvalue weighted by molar-refractivity contribution is 6.14. The third kappa shape index (κ3) is 2.81. The zero-order valence-electron chi connectivity index (χ0n) is 13.6. The monoisotopic (exact) mass is 325 g/mol.